The van der Waals surface area contributed by atoms with Gasteiger partial charge in [-0.2, -0.15) is 0 Å². The Morgan fingerprint density at radius 2 is 1.68 bits per heavy atom. The first-order valence-corrected chi connectivity index (χ1v) is 8.88. The van der Waals surface area contributed by atoms with E-state index in [0.717, 1.165) is 55.0 Å². The maximum atomic E-state index is 4.42. The molecule has 2 heterocycles. The molecule has 4 heteroatoms. The number of hydrogen-bond donors (Lipinski definition) is 1. The summed E-state index contributed by atoms with van der Waals surface area (Å²) in [5.41, 5.74) is 4.59. The third kappa shape index (κ3) is 3.81. The van der Waals surface area contributed by atoms with Crippen molar-refractivity contribution in [1.82, 2.24) is 14.8 Å². The Morgan fingerprint density at radius 1 is 0.920 bits per heavy atom. The minimum atomic E-state index is 1.01. The highest BCUT2D eigenvalue weighted by Gasteiger charge is 2.13. The van der Waals surface area contributed by atoms with Crippen molar-refractivity contribution >= 4 is 22.3 Å². The smallest absolute Gasteiger partial charge is 0.0722 e. The first-order valence-electron chi connectivity index (χ1n) is 8.88. The highest BCUT2D eigenvalue weighted by molar-refractivity contribution is 5.92. The number of nitrogens with one attached hydrogen (secondary N) is 1. The van der Waals surface area contributed by atoms with Gasteiger partial charge in [-0.3, -0.25) is 9.88 Å². The molecular weight excluding hydrogens is 308 g/mol. The summed E-state index contributed by atoms with van der Waals surface area (Å²) in [5.74, 6) is 0. The summed E-state index contributed by atoms with van der Waals surface area (Å²) in [6.07, 6.45) is 1.85. The maximum Gasteiger partial charge on any atom is 0.0722 e. The monoisotopic (exact) mass is 332 g/mol. The molecule has 4 nitrogen and oxygen atoms in total. The Balaban J connectivity index is 1.45. The SMILES string of the molecule is CN1CCN(Cc2ccc(Nc3ccnc4ccccc34)cc2)CC1. The number of fused-ring (bicyclic) bond motifs is 1. The van der Waals surface area contributed by atoms with Gasteiger partial charge in [-0.05, 0) is 36.9 Å². The van der Waals surface area contributed by atoms with Gasteiger partial charge < -0.3 is 10.2 Å². The summed E-state index contributed by atoms with van der Waals surface area (Å²) in [6, 6.07) is 19.0. The van der Waals surface area contributed by atoms with E-state index in [1.807, 2.05) is 30.5 Å². The second-order valence-electron chi connectivity index (χ2n) is 6.78. The summed E-state index contributed by atoms with van der Waals surface area (Å²) in [4.78, 5) is 9.34. The molecule has 0 saturated carbocycles. The van der Waals surface area contributed by atoms with Crippen LogP contribution in [-0.2, 0) is 6.54 Å². The molecule has 128 valence electrons. The number of nitrogens with zero attached hydrogens (tertiary/aromatic N) is 3. The lowest BCUT2D eigenvalue weighted by Gasteiger charge is -2.32. The van der Waals surface area contributed by atoms with Crippen LogP contribution in [-0.4, -0.2) is 48.0 Å². The summed E-state index contributed by atoms with van der Waals surface area (Å²) < 4.78 is 0. The summed E-state index contributed by atoms with van der Waals surface area (Å²) in [5, 5.41) is 4.67. The number of pyridine rings is 1. The van der Waals surface area contributed by atoms with Crippen LogP contribution in [0.2, 0.25) is 0 Å². The molecule has 1 aromatic heterocycles. The van der Waals surface area contributed by atoms with E-state index in [4.69, 9.17) is 0 Å². The van der Waals surface area contributed by atoms with E-state index < -0.39 is 0 Å². The quantitative estimate of drug-likeness (QED) is 0.789. The molecule has 0 aliphatic carbocycles. The van der Waals surface area contributed by atoms with Crippen LogP contribution >= 0.6 is 0 Å². The Bertz CT molecular complexity index is 831. The van der Waals surface area contributed by atoms with Gasteiger partial charge in [-0.25, -0.2) is 0 Å². The van der Waals surface area contributed by atoms with E-state index in [1.54, 1.807) is 0 Å². The number of benzene rings is 2. The molecule has 1 aliphatic rings. The van der Waals surface area contributed by atoms with Crippen LogP contribution in [0.1, 0.15) is 5.56 Å². The standard InChI is InChI=1S/C21H24N4/c1-24-12-14-25(15-13-24)16-17-6-8-18(9-7-17)23-21-10-11-22-20-5-3-2-4-19(20)21/h2-11H,12-16H2,1H3,(H,22,23). The average molecular weight is 332 g/mol. The topological polar surface area (TPSA) is 31.4 Å². The highest BCUT2D eigenvalue weighted by atomic mass is 15.2. The van der Waals surface area contributed by atoms with Crippen LogP contribution in [0.15, 0.2) is 60.8 Å². The zero-order valence-corrected chi connectivity index (χ0v) is 14.7. The minimum Gasteiger partial charge on any atom is -0.355 e. The van der Waals surface area contributed by atoms with E-state index in [1.165, 1.54) is 5.56 Å². The van der Waals surface area contributed by atoms with Crippen molar-refractivity contribution in [3.63, 3.8) is 0 Å². The number of para-hydroxylation sites is 1. The van der Waals surface area contributed by atoms with Crippen molar-refractivity contribution in [1.29, 1.82) is 0 Å². The predicted molar refractivity (Wildman–Crippen MR) is 104 cm³/mol. The van der Waals surface area contributed by atoms with E-state index in [-0.39, 0.29) is 0 Å². The number of piperazine rings is 1. The lowest BCUT2D eigenvalue weighted by molar-refractivity contribution is 0.148. The molecule has 4 rings (SSSR count). The summed E-state index contributed by atoms with van der Waals surface area (Å²) in [7, 11) is 2.20. The zero-order chi connectivity index (χ0) is 17.1. The van der Waals surface area contributed by atoms with Crippen molar-refractivity contribution in [2.24, 2.45) is 0 Å². The minimum absolute atomic E-state index is 1.01. The van der Waals surface area contributed by atoms with Crippen LogP contribution in [0, 0.1) is 0 Å². The molecule has 0 atom stereocenters. The molecule has 2 aromatic carbocycles. The lowest BCUT2D eigenvalue weighted by atomic mass is 10.1. The zero-order valence-electron chi connectivity index (χ0n) is 14.7. The molecule has 0 unspecified atom stereocenters. The summed E-state index contributed by atoms with van der Waals surface area (Å²) >= 11 is 0. The van der Waals surface area contributed by atoms with Crippen molar-refractivity contribution < 1.29 is 0 Å². The fourth-order valence-electron chi connectivity index (χ4n) is 3.32. The van der Waals surface area contributed by atoms with Gasteiger partial charge in [0.25, 0.3) is 0 Å². The van der Waals surface area contributed by atoms with Crippen LogP contribution in [0.25, 0.3) is 10.9 Å². The molecule has 3 aromatic rings. The Morgan fingerprint density at radius 3 is 2.48 bits per heavy atom. The second kappa shape index (κ2) is 7.21. The van der Waals surface area contributed by atoms with E-state index in [0.29, 0.717) is 0 Å². The molecule has 25 heavy (non-hydrogen) atoms. The fraction of sp³-hybridized carbons (Fsp3) is 0.286. The van der Waals surface area contributed by atoms with Gasteiger partial charge in [0.15, 0.2) is 0 Å². The van der Waals surface area contributed by atoms with Crippen LogP contribution in [0.4, 0.5) is 11.4 Å². The third-order valence-electron chi connectivity index (χ3n) is 4.88. The third-order valence-corrected chi connectivity index (χ3v) is 4.88. The second-order valence-corrected chi connectivity index (χ2v) is 6.78. The highest BCUT2D eigenvalue weighted by Crippen LogP contribution is 2.25. The average Bonchev–Trinajstić information content (AvgIpc) is 2.65. The van der Waals surface area contributed by atoms with Crippen LogP contribution in [0.3, 0.4) is 0 Å². The van der Waals surface area contributed by atoms with E-state index >= 15 is 0 Å². The Kier molecular flexibility index (Phi) is 4.63. The normalized spacial score (nSPS) is 16.2. The first-order chi connectivity index (χ1) is 12.3. The maximum absolute atomic E-state index is 4.42. The molecule has 1 N–H and O–H groups in total. The van der Waals surface area contributed by atoms with Gasteiger partial charge in [-0.1, -0.05) is 30.3 Å². The summed E-state index contributed by atoms with van der Waals surface area (Å²) in [6.45, 7) is 5.66. The van der Waals surface area contributed by atoms with Gasteiger partial charge in [0.05, 0.1) is 5.52 Å². The first kappa shape index (κ1) is 16.1. The molecular formula is C21H24N4. The Labute approximate surface area is 149 Å². The molecule has 1 saturated heterocycles. The molecule has 0 amide bonds. The number of anilines is 2. The largest absolute Gasteiger partial charge is 0.355 e. The van der Waals surface area contributed by atoms with Crippen LogP contribution < -0.4 is 5.32 Å². The number of rotatable bonds is 4. The fourth-order valence-corrected chi connectivity index (χ4v) is 3.32. The van der Waals surface area contributed by atoms with Crippen LogP contribution in [0.5, 0.6) is 0 Å². The molecule has 0 bridgehead atoms. The van der Waals surface area contributed by atoms with Crippen molar-refractivity contribution in [2.75, 3.05) is 38.5 Å². The number of likely N-dealkylation sites (N-methyl/N-ethyl adjacent to an activating group) is 1. The van der Waals surface area contributed by atoms with Gasteiger partial charge in [0, 0.05) is 55.7 Å². The van der Waals surface area contributed by atoms with Gasteiger partial charge in [0.2, 0.25) is 0 Å². The number of aromatic nitrogens is 1. The number of hydrogen-bond acceptors (Lipinski definition) is 4. The van der Waals surface area contributed by atoms with E-state index in [9.17, 15) is 0 Å². The van der Waals surface area contributed by atoms with Crippen molar-refractivity contribution in [3.05, 3.63) is 66.4 Å². The van der Waals surface area contributed by atoms with Crippen molar-refractivity contribution in [3.8, 4) is 0 Å². The Hall–Kier alpha value is -2.43. The molecule has 1 aliphatic heterocycles. The molecule has 0 radical (unpaired) electrons. The van der Waals surface area contributed by atoms with Crippen molar-refractivity contribution in [2.45, 2.75) is 6.54 Å². The molecule has 1 fully saturated rings. The lowest BCUT2D eigenvalue weighted by Crippen LogP contribution is -2.43. The molecule has 0 spiro atoms. The van der Waals surface area contributed by atoms with Gasteiger partial charge in [0.1, 0.15) is 0 Å². The predicted octanol–water partition coefficient (Wildman–Crippen LogP) is 3.73. The van der Waals surface area contributed by atoms with Gasteiger partial charge in [-0.15, -0.1) is 0 Å². The van der Waals surface area contributed by atoms with Gasteiger partial charge >= 0.3 is 0 Å². The van der Waals surface area contributed by atoms with E-state index in [2.05, 4.69) is 57.5 Å².